The van der Waals surface area contributed by atoms with Crippen LogP contribution in [0.1, 0.15) is 11.0 Å². The molecule has 0 unspecified atom stereocenters. The Morgan fingerprint density at radius 1 is 0.449 bits per heavy atom. The molecule has 0 saturated carbocycles. The predicted octanol–water partition coefficient (Wildman–Crippen LogP) is 12.6. The van der Waals surface area contributed by atoms with Crippen molar-refractivity contribution in [2.24, 2.45) is 0 Å². The lowest BCUT2D eigenvalue weighted by Gasteiger charge is -2.20. The lowest BCUT2D eigenvalue weighted by atomic mass is 9.83. The van der Waals surface area contributed by atoms with Gasteiger partial charge in [0.1, 0.15) is 5.82 Å². The highest BCUT2D eigenvalue weighted by molar-refractivity contribution is 6.25. The van der Waals surface area contributed by atoms with Gasteiger partial charge < -0.3 is 0 Å². The van der Waals surface area contributed by atoms with Crippen LogP contribution in [-0.2, 0) is 0 Å². The molecule has 0 aliphatic rings. The van der Waals surface area contributed by atoms with Crippen LogP contribution in [0, 0.1) is 0 Å². The Morgan fingerprint density at radius 2 is 1.04 bits per heavy atom. The maximum Gasteiger partial charge on any atom is 0.145 e. The Bertz CT molecular complexity index is 3260. The molecule has 49 heavy (non-hydrogen) atoms. The molecule has 2 nitrogen and oxygen atoms in total. The first-order chi connectivity index (χ1) is 27.7. The van der Waals surface area contributed by atoms with Gasteiger partial charge in [-0.15, -0.1) is 0 Å². The van der Waals surface area contributed by atoms with E-state index in [1.807, 2.05) is 133 Å². The molecule has 0 spiro atoms. The van der Waals surface area contributed by atoms with Crippen LogP contribution in [0.25, 0.3) is 93.5 Å². The second-order valence-electron chi connectivity index (χ2n) is 12.1. The number of aromatic nitrogens is 2. The molecule has 0 aliphatic carbocycles. The predicted molar refractivity (Wildman–Crippen MR) is 207 cm³/mol. The van der Waals surface area contributed by atoms with Gasteiger partial charge in [-0.05, 0) is 102 Å². The highest BCUT2D eigenvalue weighted by Gasteiger charge is 2.20. The first kappa shape index (κ1) is 20.7. The zero-order chi connectivity index (χ0) is 39.3. The Kier molecular flexibility index (Phi) is 4.66. The SMILES string of the molecule is [2H]c1c([2H])c([2H])c2c(-c3cc4ccccc4c4ccccc34)c3c([2H])c([2H])c([2H])c([2H])c3c(-c3cccc(-c4nc5ccccc5n4-c4ccccc4)c3)c2c1[2H]. The summed E-state index contributed by atoms with van der Waals surface area (Å²) in [7, 11) is 0. The normalized spacial score (nSPS) is 14.0. The zero-order valence-corrected chi connectivity index (χ0v) is 26.1. The van der Waals surface area contributed by atoms with Crippen molar-refractivity contribution < 1.29 is 11.0 Å². The van der Waals surface area contributed by atoms with Gasteiger partial charge in [0.05, 0.1) is 22.0 Å². The molecule has 0 fully saturated rings. The summed E-state index contributed by atoms with van der Waals surface area (Å²) in [5.41, 5.74) is 5.02. The van der Waals surface area contributed by atoms with Gasteiger partial charge in [0.25, 0.3) is 0 Å². The van der Waals surface area contributed by atoms with Crippen molar-refractivity contribution >= 4 is 54.1 Å². The van der Waals surface area contributed by atoms with Gasteiger partial charge in [-0.2, -0.15) is 0 Å². The molecule has 0 bridgehead atoms. The summed E-state index contributed by atoms with van der Waals surface area (Å²) in [5, 5.41) is 4.25. The van der Waals surface area contributed by atoms with Gasteiger partial charge >= 0.3 is 0 Å². The van der Waals surface area contributed by atoms with Gasteiger partial charge in [0, 0.05) is 11.3 Å². The molecular weight excluding hydrogens is 593 g/mol. The Hall–Kier alpha value is -6.51. The molecule has 0 radical (unpaired) electrons. The molecule has 228 valence electrons. The number of imidazole rings is 1. The van der Waals surface area contributed by atoms with Crippen molar-refractivity contribution in [3.05, 3.63) is 182 Å². The van der Waals surface area contributed by atoms with E-state index >= 15 is 0 Å². The highest BCUT2D eigenvalue weighted by atomic mass is 15.1. The summed E-state index contributed by atoms with van der Waals surface area (Å²) < 4.78 is 75.8. The van der Waals surface area contributed by atoms with Crippen LogP contribution in [0.3, 0.4) is 0 Å². The van der Waals surface area contributed by atoms with Gasteiger partial charge in [-0.3, -0.25) is 4.57 Å². The van der Waals surface area contributed by atoms with Crippen LogP contribution in [0.15, 0.2) is 182 Å². The summed E-state index contributed by atoms with van der Waals surface area (Å²) in [6, 6.07) is 39.9. The van der Waals surface area contributed by atoms with Crippen molar-refractivity contribution in [1.29, 1.82) is 0 Å². The van der Waals surface area contributed by atoms with Crippen molar-refractivity contribution in [3.63, 3.8) is 0 Å². The third-order valence-corrected chi connectivity index (χ3v) is 9.40. The molecular formula is C47H30N2. The van der Waals surface area contributed by atoms with Crippen LogP contribution in [-0.4, -0.2) is 9.55 Å². The van der Waals surface area contributed by atoms with E-state index in [1.54, 1.807) is 0 Å². The smallest absolute Gasteiger partial charge is 0.145 e. The fourth-order valence-corrected chi connectivity index (χ4v) is 7.32. The standard InChI is InChI=1S/C47H30N2/c1-2-18-34(19-3-1)49-44-28-13-12-27-43(44)48-47(49)33-17-14-16-32(29-33)45-38-23-8-10-25-40(38)46(41-26-11-9-24-39(41)45)42-30-31-15-4-5-20-35(31)36-21-6-7-22-37(36)42/h1-30H/i8D,9D,10D,11D,23D,24D,25D,26D. The lowest BCUT2D eigenvalue weighted by Crippen LogP contribution is -1.97. The summed E-state index contributed by atoms with van der Waals surface area (Å²) in [6.07, 6.45) is 0. The highest BCUT2D eigenvalue weighted by Crippen LogP contribution is 2.47. The number of hydrogen-bond donors (Lipinski definition) is 0. The van der Waals surface area contributed by atoms with Gasteiger partial charge in [0.2, 0.25) is 0 Å². The maximum absolute atomic E-state index is 9.51. The van der Waals surface area contributed by atoms with E-state index in [-0.39, 0.29) is 51.3 Å². The van der Waals surface area contributed by atoms with E-state index in [0.717, 1.165) is 38.3 Å². The third-order valence-electron chi connectivity index (χ3n) is 9.40. The first-order valence-electron chi connectivity index (χ1n) is 20.2. The zero-order valence-electron chi connectivity index (χ0n) is 34.1. The quantitative estimate of drug-likeness (QED) is 0.140. The Labute approximate surface area is 295 Å². The number of rotatable bonds is 4. The molecule has 0 aliphatic heterocycles. The molecule has 1 aromatic heterocycles. The molecule has 0 atom stereocenters. The van der Waals surface area contributed by atoms with E-state index in [4.69, 9.17) is 10.5 Å². The molecule has 1 heterocycles. The molecule has 10 aromatic rings. The van der Waals surface area contributed by atoms with Crippen LogP contribution in [0.4, 0.5) is 0 Å². The summed E-state index contributed by atoms with van der Waals surface area (Å²) in [4.78, 5) is 5.06. The minimum absolute atomic E-state index is 0.166. The molecule has 0 N–H and O–H groups in total. The van der Waals surface area contributed by atoms with Crippen LogP contribution >= 0.6 is 0 Å². The Balaban J connectivity index is 1.40. The summed E-state index contributed by atoms with van der Waals surface area (Å²) in [6.45, 7) is 0. The van der Waals surface area contributed by atoms with E-state index in [1.165, 1.54) is 0 Å². The molecule has 9 aromatic carbocycles. The minimum atomic E-state index is -0.440. The number of para-hydroxylation sites is 3. The largest absolute Gasteiger partial charge is 0.292 e. The second kappa shape index (κ2) is 11.0. The van der Waals surface area contributed by atoms with E-state index in [2.05, 4.69) is 4.57 Å². The van der Waals surface area contributed by atoms with Crippen LogP contribution in [0.2, 0.25) is 0 Å². The van der Waals surface area contributed by atoms with E-state index in [9.17, 15) is 5.48 Å². The average Bonchev–Trinajstić information content (AvgIpc) is 3.65. The van der Waals surface area contributed by atoms with Crippen molar-refractivity contribution in [2.45, 2.75) is 0 Å². The molecule has 2 heteroatoms. The molecule has 0 amide bonds. The minimum Gasteiger partial charge on any atom is -0.292 e. The topological polar surface area (TPSA) is 17.8 Å². The van der Waals surface area contributed by atoms with E-state index in [0.29, 0.717) is 28.1 Å². The van der Waals surface area contributed by atoms with Gasteiger partial charge in [-0.25, -0.2) is 4.98 Å². The fraction of sp³-hybridized carbons (Fsp3) is 0. The number of hydrogen-bond acceptors (Lipinski definition) is 1. The van der Waals surface area contributed by atoms with Crippen LogP contribution in [0.5, 0.6) is 0 Å². The summed E-state index contributed by atoms with van der Waals surface area (Å²) in [5.74, 6) is 0.640. The van der Waals surface area contributed by atoms with E-state index < -0.39 is 24.2 Å². The number of benzene rings is 9. The maximum atomic E-state index is 9.51. The lowest BCUT2D eigenvalue weighted by molar-refractivity contribution is 1.10. The second-order valence-corrected chi connectivity index (χ2v) is 12.1. The molecule has 0 saturated heterocycles. The van der Waals surface area contributed by atoms with Gasteiger partial charge in [-0.1, -0.05) is 145 Å². The monoisotopic (exact) mass is 630 g/mol. The number of nitrogens with zero attached hydrogens (tertiary/aromatic N) is 2. The Morgan fingerprint density at radius 3 is 1.80 bits per heavy atom. The summed E-state index contributed by atoms with van der Waals surface area (Å²) >= 11 is 0. The van der Waals surface area contributed by atoms with Crippen molar-refractivity contribution in [3.8, 4) is 39.3 Å². The third kappa shape index (κ3) is 4.31. The molecule has 10 rings (SSSR count). The average molecular weight is 631 g/mol. The number of fused-ring (bicyclic) bond motifs is 6. The fourth-order valence-electron chi connectivity index (χ4n) is 7.32. The first-order valence-corrected chi connectivity index (χ1v) is 16.2. The van der Waals surface area contributed by atoms with Crippen molar-refractivity contribution in [2.75, 3.05) is 0 Å². The van der Waals surface area contributed by atoms with Crippen molar-refractivity contribution in [1.82, 2.24) is 9.55 Å². The van der Waals surface area contributed by atoms with Gasteiger partial charge in [0.15, 0.2) is 0 Å². The van der Waals surface area contributed by atoms with Crippen LogP contribution < -0.4 is 0 Å².